The molecule has 0 aromatic heterocycles. The van der Waals surface area contributed by atoms with Gasteiger partial charge in [0.2, 0.25) is 0 Å². The zero-order valence-electron chi connectivity index (χ0n) is 12.0. The third-order valence-corrected chi connectivity index (χ3v) is 3.26. The maximum atomic E-state index is 5.74. The summed E-state index contributed by atoms with van der Waals surface area (Å²) in [6.07, 6.45) is 0. The maximum absolute atomic E-state index is 5.74. The summed E-state index contributed by atoms with van der Waals surface area (Å²) in [6, 6.07) is 11.8. The van der Waals surface area contributed by atoms with Crippen molar-refractivity contribution in [3.8, 4) is 0 Å². The Morgan fingerprint density at radius 2 is 1.15 bits per heavy atom. The van der Waals surface area contributed by atoms with Crippen molar-refractivity contribution >= 4 is 22.7 Å². The zero-order chi connectivity index (χ0) is 14.5. The van der Waals surface area contributed by atoms with Gasteiger partial charge in [0.15, 0.2) is 0 Å². The number of anilines is 4. The summed E-state index contributed by atoms with van der Waals surface area (Å²) in [5.41, 5.74) is 17.6. The molecular weight excluding hydrogens is 248 g/mol. The molecule has 0 aliphatic carbocycles. The van der Waals surface area contributed by atoms with Crippen LogP contribution in [0, 0.1) is 13.8 Å². The third kappa shape index (κ3) is 3.57. The molecule has 4 heteroatoms. The predicted octanol–water partition coefficient (Wildman–Crippen LogP) is 2.99. The number of hydrogen-bond acceptors (Lipinski definition) is 4. The van der Waals surface area contributed by atoms with E-state index in [-0.39, 0.29) is 0 Å². The first kappa shape index (κ1) is 14.1. The van der Waals surface area contributed by atoms with Crippen molar-refractivity contribution in [2.24, 2.45) is 0 Å². The fraction of sp³-hybridized carbons (Fsp3) is 0.250. The van der Waals surface area contributed by atoms with Gasteiger partial charge >= 0.3 is 0 Å². The number of hydrogen-bond donors (Lipinski definition) is 4. The van der Waals surface area contributed by atoms with Gasteiger partial charge in [-0.1, -0.05) is 0 Å². The Kier molecular flexibility index (Phi) is 4.35. The monoisotopic (exact) mass is 270 g/mol. The summed E-state index contributed by atoms with van der Waals surface area (Å²) < 4.78 is 0. The van der Waals surface area contributed by atoms with E-state index in [1.165, 1.54) is 0 Å². The molecule has 0 fully saturated rings. The van der Waals surface area contributed by atoms with Gasteiger partial charge in [-0.3, -0.25) is 0 Å². The van der Waals surface area contributed by atoms with Crippen LogP contribution in [0.2, 0.25) is 0 Å². The number of nitrogens with two attached hydrogens (primary N) is 2. The van der Waals surface area contributed by atoms with Crippen LogP contribution in [-0.4, -0.2) is 13.1 Å². The summed E-state index contributed by atoms with van der Waals surface area (Å²) >= 11 is 0. The van der Waals surface area contributed by atoms with Gasteiger partial charge in [-0.25, -0.2) is 0 Å². The summed E-state index contributed by atoms with van der Waals surface area (Å²) in [5, 5.41) is 6.80. The summed E-state index contributed by atoms with van der Waals surface area (Å²) in [6.45, 7) is 5.79. The zero-order valence-corrected chi connectivity index (χ0v) is 12.0. The van der Waals surface area contributed by atoms with Gasteiger partial charge in [-0.2, -0.15) is 0 Å². The van der Waals surface area contributed by atoms with Crippen LogP contribution >= 0.6 is 0 Å². The lowest BCUT2D eigenvalue weighted by molar-refractivity contribution is 1.07. The van der Waals surface area contributed by atoms with Crippen LogP contribution < -0.4 is 22.1 Å². The van der Waals surface area contributed by atoms with E-state index in [9.17, 15) is 0 Å². The van der Waals surface area contributed by atoms with E-state index >= 15 is 0 Å². The topological polar surface area (TPSA) is 76.1 Å². The van der Waals surface area contributed by atoms with Crippen LogP contribution in [0.5, 0.6) is 0 Å². The van der Waals surface area contributed by atoms with Gasteiger partial charge < -0.3 is 22.1 Å². The maximum Gasteiger partial charge on any atom is 0.0372 e. The van der Waals surface area contributed by atoms with Crippen molar-refractivity contribution in [3.05, 3.63) is 47.5 Å². The largest absolute Gasteiger partial charge is 0.399 e. The molecular formula is C16H22N4. The number of nitrogens with one attached hydrogen (secondary N) is 2. The Labute approximate surface area is 120 Å². The van der Waals surface area contributed by atoms with Crippen molar-refractivity contribution in [2.75, 3.05) is 35.2 Å². The Morgan fingerprint density at radius 3 is 1.50 bits per heavy atom. The second-order valence-electron chi connectivity index (χ2n) is 5.00. The number of nitrogen functional groups attached to an aromatic ring is 2. The molecule has 106 valence electrons. The first-order chi connectivity index (χ1) is 9.56. The van der Waals surface area contributed by atoms with Gasteiger partial charge in [0, 0.05) is 35.8 Å². The van der Waals surface area contributed by atoms with Crippen LogP contribution in [-0.2, 0) is 0 Å². The van der Waals surface area contributed by atoms with E-state index in [4.69, 9.17) is 11.5 Å². The highest BCUT2D eigenvalue weighted by atomic mass is 14.9. The van der Waals surface area contributed by atoms with Crippen molar-refractivity contribution < 1.29 is 0 Å². The molecule has 2 aromatic rings. The van der Waals surface area contributed by atoms with Crippen molar-refractivity contribution in [1.29, 1.82) is 0 Å². The Balaban J connectivity index is 1.84. The fourth-order valence-corrected chi connectivity index (χ4v) is 2.16. The quantitative estimate of drug-likeness (QED) is 0.497. The molecule has 0 saturated heterocycles. The predicted molar refractivity (Wildman–Crippen MR) is 88.2 cm³/mol. The Hall–Kier alpha value is -2.36. The molecule has 0 unspecified atom stereocenters. The summed E-state index contributed by atoms with van der Waals surface area (Å²) in [7, 11) is 0. The Morgan fingerprint density at radius 1 is 0.750 bits per heavy atom. The molecule has 4 nitrogen and oxygen atoms in total. The SMILES string of the molecule is Cc1cc(N)ccc1NCCNc1ccc(N)cc1C. The molecule has 0 aliphatic rings. The van der Waals surface area contributed by atoms with Crippen molar-refractivity contribution in [2.45, 2.75) is 13.8 Å². The van der Waals surface area contributed by atoms with Gasteiger partial charge in [-0.15, -0.1) is 0 Å². The lowest BCUT2D eigenvalue weighted by Crippen LogP contribution is -2.14. The standard InChI is InChI=1S/C16H22N4/c1-11-9-13(17)3-5-15(11)19-7-8-20-16-6-4-14(18)10-12(16)2/h3-6,9-10,19-20H,7-8,17-18H2,1-2H3. The minimum atomic E-state index is 0.795. The Bertz CT molecular complexity index is 540. The molecule has 0 saturated carbocycles. The highest BCUT2D eigenvalue weighted by Crippen LogP contribution is 2.18. The van der Waals surface area contributed by atoms with E-state index in [1.807, 2.05) is 36.4 Å². The molecule has 0 spiro atoms. The van der Waals surface area contributed by atoms with E-state index in [0.717, 1.165) is 47.0 Å². The molecule has 2 rings (SSSR count). The first-order valence-electron chi connectivity index (χ1n) is 6.76. The third-order valence-electron chi connectivity index (χ3n) is 3.26. The fourth-order valence-electron chi connectivity index (χ4n) is 2.16. The number of rotatable bonds is 5. The molecule has 20 heavy (non-hydrogen) atoms. The van der Waals surface area contributed by atoms with Crippen LogP contribution in [0.25, 0.3) is 0 Å². The van der Waals surface area contributed by atoms with E-state index in [1.54, 1.807) is 0 Å². The smallest absolute Gasteiger partial charge is 0.0372 e. The minimum Gasteiger partial charge on any atom is -0.399 e. The molecule has 0 amide bonds. The van der Waals surface area contributed by atoms with Crippen LogP contribution in [0.15, 0.2) is 36.4 Å². The molecule has 0 radical (unpaired) electrons. The molecule has 0 bridgehead atoms. The highest BCUT2D eigenvalue weighted by Gasteiger charge is 1.99. The van der Waals surface area contributed by atoms with Crippen molar-refractivity contribution in [1.82, 2.24) is 0 Å². The van der Waals surface area contributed by atoms with E-state index in [0.29, 0.717) is 0 Å². The average Bonchev–Trinajstić information content (AvgIpc) is 2.39. The first-order valence-corrected chi connectivity index (χ1v) is 6.76. The van der Waals surface area contributed by atoms with Gasteiger partial charge in [-0.05, 0) is 61.4 Å². The highest BCUT2D eigenvalue weighted by molar-refractivity contribution is 5.59. The molecule has 2 aromatic carbocycles. The van der Waals surface area contributed by atoms with Crippen molar-refractivity contribution in [3.63, 3.8) is 0 Å². The minimum absolute atomic E-state index is 0.795. The summed E-state index contributed by atoms with van der Waals surface area (Å²) in [5.74, 6) is 0. The number of benzene rings is 2. The van der Waals surface area contributed by atoms with Crippen LogP contribution in [0.4, 0.5) is 22.7 Å². The van der Waals surface area contributed by atoms with Gasteiger partial charge in [0.05, 0.1) is 0 Å². The lowest BCUT2D eigenvalue weighted by atomic mass is 10.1. The second kappa shape index (κ2) is 6.19. The van der Waals surface area contributed by atoms with E-state index < -0.39 is 0 Å². The van der Waals surface area contributed by atoms with Gasteiger partial charge in [0.25, 0.3) is 0 Å². The average molecular weight is 270 g/mol. The second-order valence-corrected chi connectivity index (χ2v) is 5.00. The lowest BCUT2D eigenvalue weighted by Gasteiger charge is -2.13. The normalized spacial score (nSPS) is 10.3. The van der Waals surface area contributed by atoms with E-state index in [2.05, 4.69) is 24.5 Å². The summed E-state index contributed by atoms with van der Waals surface area (Å²) in [4.78, 5) is 0. The van der Waals surface area contributed by atoms with Crippen LogP contribution in [0.3, 0.4) is 0 Å². The molecule has 0 heterocycles. The number of aryl methyl sites for hydroxylation is 2. The van der Waals surface area contributed by atoms with Gasteiger partial charge in [0.1, 0.15) is 0 Å². The molecule has 0 aliphatic heterocycles. The molecule has 0 atom stereocenters. The van der Waals surface area contributed by atoms with Crippen LogP contribution in [0.1, 0.15) is 11.1 Å². The molecule has 6 N–H and O–H groups in total.